The van der Waals surface area contributed by atoms with Crippen molar-refractivity contribution in [2.75, 3.05) is 25.6 Å². The number of carbonyl (C=O) groups excluding carboxylic acids is 1. The highest BCUT2D eigenvalue weighted by Gasteiger charge is 2.10. The number of urea groups is 1. The van der Waals surface area contributed by atoms with E-state index in [1.165, 1.54) is 5.56 Å². The van der Waals surface area contributed by atoms with Crippen LogP contribution in [0, 0.1) is 20.8 Å². The zero-order valence-electron chi connectivity index (χ0n) is 15.7. The fraction of sp³-hybridized carbons (Fsp3) is 0.350. The zero-order chi connectivity index (χ0) is 19.1. The Labute approximate surface area is 154 Å². The zero-order valence-corrected chi connectivity index (χ0v) is 15.7. The van der Waals surface area contributed by atoms with Gasteiger partial charge in [0.1, 0.15) is 6.61 Å². The number of anilines is 1. The first-order chi connectivity index (χ1) is 12.4. The summed E-state index contributed by atoms with van der Waals surface area (Å²) < 4.78 is 10.7. The lowest BCUT2D eigenvalue weighted by Gasteiger charge is -2.14. The van der Waals surface area contributed by atoms with Crippen LogP contribution in [0.2, 0.25) is 0 Å². The number of hydrogen-bond acceptors (Lipinski definition) is 4. The van der Waals surface area contributed by atoms with Crippen molar-refractivity contribution in [1.82, 2.24) is 5.32 Å². The normalized spacial score (nSPS) is 10.3. The number of amides is 2. The molecule has 0 spiro atoms. The molecule has 2 aromatic rings. The summed E-state index contributed by atoms with van der Waals surface area (Å²) in [5.41, 5.74) is 4.94. The van der Waals surface area contributed by atoms with Crippen molar-refractivity contribution in [3.8, 4) is 11.5 Å². The van der Waals surface area contributed by atoms with E-state index in [9.17, 15) is 4.79 Å². The predicted molar refractivity (Wildman–Crippen MR) is 102 cm³/mol. The molecule has 2 aromatic carbocycles. The summed E-state index contributed by atoms with van der Waals surface area (Å²) >= 11 is 0. The molecule has 0 unspecified atom stereocenters. The molecule has 0 bridgehead atoms. The molecule has 0 aliphatic carbocycles. The number of hydrogen-bond donors (Lipinski definition) is 3. The van der Waals surface area contributed by atoms with Gasteiger partial charge in [-0.2, -0.15) is 0 Å². The molecule has 0 saturated heterocycles. The van der Waals surface area contributed by atoms with E-state index in [4.69, 9.17) is 14.6 Å². The molecule has 0 heterocycles. The molecule has 2 amide bonds. The minimum atomic E-state index is -0.264. The fourth-order valence-corrected chi connectivity index (χ4v) is 2.81. The van der Waals surface area contributed by atoms with Gasteiger partial charge in [0.2, 0.25) is 0 Å². The van der Waals surface area contributed by atoms with Gasteiger partial charge in [0.15, 0.2) is 11.5 Å². The number of aliphatic hydroxyl groups excluding tert-OH is 1. The molecular formula is C20H26N2O4. The number of nitrogens with one attached hydrogen (secondary N) is 2. The van der Waals surface area contributed by atoms with Crippen molar-refractivity contribution in [1.29, 1.82) is 0 Å². The van der Waals surface area contributed by atoms with Crippen LogP contribution in [-0.4, -0.2) is 31.5 Å². The number of benzene rings is 2. The van der Waals surface area contributed by atoms with Gasteiger partial charge in [0.25, 0.3) is 0 Å². The van der Waals surface area contributed by atoms with E-state index in [2.05, 4.69) is 10.6 Å². The minimum Gasteiger partial charge on any atom is -0.493 e. The van der Waals surface area contributed by atoms with Gasteiger partial charge in [-0.05, 0) is 49.6 Å². The summed E-state index contributed by atoms with van der Waals surface area (Å²) in [5.74, 6) is 1.11. The van der Waals surface area contributed by atoms with E-state index >= 15 is 0 Å². The van der Waals surface area contributed by atoms with Crippen LogP contribution in [0.1, 0.15) is 22.3 Å². The molecule has 3 N–H and O–H groups in total. The second kappa shape index (κ2) is 9.10. The Hall–Kier alpha value is -2.73. The van der Waals surface area contributed by atoms with Crippen LogP contribution in [0.3, 0.4) is 0 Å². The van der Waals surface area contributed by atoms with Gasteiger partial charge in [-0.3, -0.25) is 0 Å². The quantitative estimate of drug-likeness (QED) is 0.709. The minimum absolute atomic E-state index is 0.0650. The van der Waals surface area contributed by atoms with E-state index in [1.807, 2.05) is 39.0 Å². The maximum atomic E-state index is 12.2. The van der Waals surface area contributed by atoms with Gasteiger partial charge in [-0.15, -0.1) is 0 Å². The van der Waals surface area contributed by atoms with Crippen LogP contribution < -0.4 is 20.1 Å². The Morgan fingerprint density at radius 3 is 2.38 bits per heavy atom. The number of carbonyl (C=O) groups is 1. The van der Waals surface area contributed by atoms with Crippen LogP contribution in [-0.2, 0) is 6.54 Å². The molecule has 0 fully saturated rings. The van der Waals surface area contributed by atoms with Crippen LogP contribution in [0.5, 0.6) is 11.5 Å². The number of aliphatic hydroxyl groups is 1. The molecule has 0 atom stereocenters. The maximum absolute atomic E-state index is 12.2. The fourth-order valence-electron chi connectivity index (χ4n) is 2.81. The summed E-state index contributed by atoms with van der Waals surface area (Å²) in [5, 5.41) is 14.6. The molecule has 26 heavy (non-hydrogen) atoms. The number of ether oxygens (including phenoxy) is 2. The summed E-state index contributed by atoms with van der Waals surface area (Å²) in [6.07, 6.45) is 0. The van der Waals surface area contributed by atoms with Crippen LogP contribution in [0.4, 0.5) is 10.5 Å². The molecule has 6 nitrogen and oxygen atoms in total. The highest BCUT2D eigenvalue weighted by atomic mass is 16.5. The average molecular weight is 358 g/mol. The largest absolute Gasteiger partial charge is 0.493 e. The highest BCUT2D eigenvalue weighted by Crippen LogP contribution is 2.28. The molecule has 0 aliphatic heterocycles. The average Bonchev–Trinajstić information content (AvgIpc) is 2.61. The number of methoxy groups -OCH3 is 1. The lowest BCUT2D eigenvalue weighted by molar-refractivity contribution is 0.196. The highest BCUT2D eigenvalue weighted by molar-refractivity contribution is 5.91. The smallest absolute Gasteiger partial charge is 0.319 e. The Morgan fingerprint density at radius 1 is 1.08 bits per heavy atom. The van der Waals surface area contributed by atoms with Crippen LogP contribution >= 0.6 is 0 Å². The molecule has 0 radical (unpaired) electrons. The third kappa shape index (κ3) is 5.13. The Bertz CT molecular complexity index is 751. The first-order valence-corrected chi connectivity index (χ1v) is 8.48. The first-order valence-electron chi connectivity index (χ1n) is 8.48. The third-order valence-corrected chi connectivity index (χ3v) is 3.95. The van der Waals surface area contributed by atoms with Gasteiger partial charge in [-0.25, -0.2) is 4.79 Å². The van der Waals surface area contributed by atoms with E-state index in [1.54, 1.807) is 19.2 Å². The lowest BCUT2D eigenvalue weighted by Crippen LogP contribution is -2.28. The van der Waals surface area contributed by atoms with Gasteiger partial charge < -0.3 is 25.2 Å². The van der Waals surface area contributed by atoms with E-state index in [0.29, 0.717) is 18.0 Å². The van der Waals surface area contributed by atoms with Gasteiger partial charge in [0.05, 0.1) is 13.7 Å². The third-order valence-electron chi connectivity index (χ3n) is 3.95. The summed E-state index contributed by atoms with van der Waals surface area (Å²) in [7, 11) is 1.55. The Morgan fingerprint density at radius 2 is 1.77 bits per heavy atom. The SMILES string of the molecule is COc1cc(CNC(=O)Nc2c(C)cc(C)cc2C)ccc1OCCO. The van der Waals surface area contributed by atoms with Crippen molar-refractivity contribution in [3.05, 3.63) is 52.6 Å². The van der Waals surface area contributed by atoms with Crippen molar-refractivity contribution in [2.24, 2.45) is 0 Å². The second-order valence-electron chi connectivity index (χ2n) is 6.14. The molecule has 6 heteroatoms. The number of rotatable bonds is 7. The monoisotopic (exact) mass is 358 g/mol. The topological polar surface area (TPSA) is 79.8 Å². The van der Waals surface area contributed by atoms with Crippen molar-refractivity contribution in [3.63, 3.8) is 0 Å². The van der Waals surface area contributed by atoms with Crippen molar-refractivity contribution in [2.45, 2.75) is 27.3 Å². The standard InChI is InChI=1S/C20H26N2O4/c1-13-9-14(2)19(15(3)10-13)22-20(24)21-12-16-5-6-17(26-8-7-23)18(11-16)25-4/h5-6,9-11,23H,7-8,12H2,1-4H3,(H2,21,22,24). The van der Waals surface area contributed by atoms with Gasteiger partial charge in [-0.1, -0.05) is 23.8 Å². The van der Waals surface area contributed by atoms with Crippen LogP contribution in [0.15, 0.2) is 30.3 Å². The Kier molecular flexibility index (Phi) is 6.86. The van der Waals surface area contributed by atoms with Crippen molar-refractivity contribution < 1.29 is 19.4 Å². The molecule has 0 aromatic heterocycles. The summed E-state index contributed by atoms with van der Waals surface area (Å²) in [4.78, 5) is 12.2. The molecule has 2 rings (SSSR count). The summed E-state index contributed by atoms with van der Waals surface area (Å²) in [6.45, 7) is 6.48. The molecule has 0 saturated carbocycles. The molecule has 140 valence electrons. The summed E-state index contributed by atoms with van der Waals surface area (Å²) in [6, 6.07) is 9.22. The van der Waals surface area contributed by atoms with Gasteiger partial charge in [0, 0.05) is 12.2 Å². The lowest BCUT2D eigenvalue weighted by atomic mass is 10.1. The number of aryl methyl sites for hydroxylation is 3. The van der Waals surface area contributed by atoms with E-state index in [0.717, 1.165) is 22.4 Å². The van der Waals surface area contributed by atoms with Crippen molar-refractivity contribution >= 4 is 11.7 Å². The van der Waals surface area contributed by atoms with E-state index in [-0.39, 0.29) is 19.2 Å². The predicted octanol–water partition coefficient (Wildman–Crippen LogP) is 3.31. The molecule has 0 aliphatic rings. The van der Waals surface area contributed by atoms with Gasteiger partial charge >= 0.3 is 6.03 Å². The Balaban J connectivity index is 1.99. The molecular weight excluding hydrogens is 332 g/mol. The van der Waals surface area contributed by atoms with Crippen LogP contribution in [0.25, 0.3) is 0 Å². The maximum Gasteiger partial charge on any atom is 0.319 e. The second-order valence-corrected chi connectivity index (χ2v) is 6.14. The first kappa shape index (κ1) is 19.6. The van der Waals surface area contributed by atoms with E-state index < -0.39 is 0 Å².